The van der Waals surface area contributed by atoms with Gasteiger partial charge >= 0.3 is 0 Å². The molecule has 0 amide bonds. The maximum Gasteiger partial charge on any atom is 0.137 e. The third kappa shape index (κ3) is 2.50. The topological polar surface area (TPSA) is 21.3 Å². The SMILES string of the molecule is COc1cc(C)cc(CC2CCCN2)c1Cl. The maximum absolute atomic E-state index is 6.31. The first kappa shape index (κ1) is 11.7. The van der Waals surface area contributed by atoms with Crippen LogP contribution in [0.1, 0.15) is 24.0 Å². The summed E-state index contributed by atoms with van der Waals surface area (Å²) in [6, 6.07) is 4.71. The van der Waals surface area contributed by atoms with Crippen molar-refractivity contribution >= 4 is 11.6 Å². The highest BCUT2D eigenvalue weighted by Crippen LogP contribution is 2.31. The van der Waals surface area contributed by atoms with E-state index in [1.165, 1.54) is 24.0 Å². The van der Waals surface area contributed by atoms with Gasteiger partial charge in [0.1, 0.15) is 5.75 Å². The molecule has 1 aromatic rings. The fraction of sp³-hybridized carbons (Fsp3) is 0.538. The lowest BCUT2D eigenvalue weighted by atomic mass is 10.0. The number of benzene rings is 1. The lowest BCUT2D eigenvalue weighted by Gasteiger charge is -2.14. The van der Waals surface area contributed by atoms with E-state index in [0.717, 1.165) is 23.7 Å². The number of nitrogens with one attached hydrogen (secondary N) is 1. The Morgan fingerprint density at radius 3 is 2.94 bits per heavy atom. The zero-order valence-electron chi connectivity index (χ0n) is 9.85. The summed E-state index contributed by atoms with van der Waals surface area (Å²) in [5, 5.41) is 4.26. The number of aryl methyl sites for hydroxylation is 1. The van der Waals surface area contributed by atoms with Crippen LogP contribution in [0.4, 0.5) is 0 Å². The summed E-state index contributed by atoms with van der Waals surface area (Å²) in [5.74, 6) is 0.787. The molecule has 0 aliphatic carbocycles. The molecule has 1 aliphatic heterocycles. The van der Waals surface area contributed by atoms with Crippen molar-refractivity contribution in [3.8, 4) is 5.75 Å². The van der Waals surface area contributed by atoms with Gasteiger partial charge in [-0.15, -0.1) is 0 Å². The number of rotatable bonds is 3. The Kier molecular flexibility index (Phi) is 3.72. The van der Waals surface area contributed by atoms with Crippen molar-refractivity contribution in [2.75, 3.05) is 13.7 Å². The third-order valence-corrected chi connectivity index (χ3v) is 3.54. The lowest BCUT2D eigenvalue weighted by Crippen LogP contribution is -2.23. The van der Waals surface area contributed by atoms with Crippen LogP contribution >= 0.6 is 11.6 Å². The Labute approximate surface area is 102 Å². The number of halogens is 1. The van der Waals surface area contributed by atoms with Gasteiger partial charge in [-0.2, -0.15) is 0 Å². The van der Waals surface area contributed by atoms with E-state index in [4.69, 9.17) is 16.3 Å². The molecule has 3 heteroatoms. The van der Waals surface area contributed by atoms with Crippen LogP contribution in [0.25, 0.3) is 0 Å². The van der Waals surface area contributed by atoms with E-state index in [0.29, 0.717) is 6.04 Å². The van der Waals surface area contributed by atoms with Crippen molar-refractivity contribution in [2.24, 2.45) is 0 Å². The van der Waals surface area contributed by atoms with Crippen LogP contribution in [0.5, 0.6) is 5.75 Å². The second-order valence-electron chi connectivity index (χ2n) is 4.44. The van der Waals surface area contributed by atoms with Crippen LogP contribution in [0.2, 0.25) is 5.02 Å². The fourth-order valence-corrected chi connectivity index (χ4v) is 2.57. The van der Waals surface area contributed by atoms with Gasteiger partial charge in [0.2, 0.25) is 0 Å². The number of hydrogen-bond acceptors (Lipinski definition) is 2. The van der Waals surface area contributed by atoms with Gasteiger partial charge in [-0.1, -0.05) is 17.7 Å². The summed E-state index contributed by atoms with van der Waals surface area (Å²) in [6.07, 6.45) is 3.51. The van der Waals surface area contributed by atoms with E-state index in [9.17, 15) is 0 Å². The van der Waals surface area contributed by atoms with Crippen molar-refractivity contribution < 1.29 is 4.74 Å². The van der Waals surface area contributed by atoms with Gasteiger partial charge in [-0.25, -0.2) is 0 Å². The van der Waals surface area contributed by atoms with E-state index >= 15 is 0 Å². The van der Waals surface area contributed by atoms with E-state index in [1.807, 2.05) is 6.07 Å². The van der Waals surface area contributed by atoms with Crippen molar-refractivity contribution in [1.29, 1.82) is 0 Å². The summed E-state index contributed by atoms with van der Waals surface area (Å²) in [5.41, 5.74) is 2.40. The normalized spacial score (nSPS) is 20.1. The van der Waals surface area contributed by atoms with Gasteiger partial charge in [0.15, 0.2) is 0 Å². The number of ether oxygens (including phenoxy) is 1. The van der Waals surface area contributed by atoms with Crippen LogP contribution in [-0.4, -0.2) is 19.7 Å². The Bertz CT molecular complexity index is 372. The molecule has 0 saturated carbocycles. The van der Waals surface area contributed by atoms with Crippen LogP contribution < -0.4 is 10.1 Å². The van der Waals surface area contributed by atoms with E-state index in [-0.39, 0.29) is 0 Å². The molecule has 1 fully saturated rings. The fourth-order valence-electron chi connectivity index (χ4n) is 2.30. The van der Waals surface area contributed by atoms with Crippen LogP contribution in [0.3, 0.4) is 0 Å². The predicted molar refractivity (Wildman–Crippen MR) is 67.5 cm³/mol. The molecule has 0 aromatic heterocycles. The molecule has 88 valence electrons. The van der Waals surface area contributed by atoms with Crippen molar-refractivity contribution in [3.63, 3.8) is 0 Å². The van der Waals surface area contributed by atoms with Gasteiger partial charge in [-0.3, -0.25) is 0 Å². The molecular formula is C13H18ClNO. The highest BCUT2D eigenvalue weighted by molar-refractivity contribution is 6.32. The van der Waals surface area contributed by atoms with Crippen molar-refractivity contribution in [3.05, 3.63) is 28.3 Å². The van der Waals surface area contributed by atoms with Crippen molar-refractivity contribution in [1.82, 2.24) is 5.32 Å². The van der Waals surface area contributed by atoms with Gasteiger partial charge in [-0.05, 0) is 49.9 Å². The van der Waals surface area contributed by atoms with E-state index in [2.05, 4.69) is 18.3 Å². The largest absolute Gasteiger partial charge is 0.495 e. The molecule has 1 unspecified atom stereocenters. The quantitative estimate of drug-likeness (QED) is 0.876. The minimum absolute atomic E-state index is 0.573. The average molecular weight is 240 g/mol. The molecular weight excluding hydrogens is 222 g/mol. The summed E-state index contributed by atoms with van der Waals surface area (Å²) in [7, 11) is 1.66. The molecule has 2 rings (SSSR count). The minimum atomic E-state index is 0.573. The lowest BCUT2D eigenvalue weighted by molar-refractivity contribution is 0.414. The van der Waals surface area contributed by atoms with Gasteiger partial charge < -0.3 is 10.1 Å². The highest BCUT2D eigenvalue weighted by atomic mass is 35.5. The first-order valence-electron chi connectivity index (χ1n) is 5.77. The molecule has 2 nitrogen and oxygen atoms in total. The molecule has 1 heterocycles. The summed E-state index contributed by atoms with van der Waals surface area (Å²) < 4.78 is 5.28. The Balaban J connectivity index is 2.21. The first-order valence-corrected chi connectivity index (χ1v) is 6.15. The average Bonchev–Trinajstić information content (AvgIpc) is 2.75. The highest BCUT2D eigenvalue weighted by Gasteiger charge is 2.17. The van der Waals surface area contributed by atoms with Gasteiger partial charge in [0.25, 0.3) is 0 Å². The molecule has 0 spiro atoms. The summed E-state index contributed by atoms with van der Waals surface area (Å²) >= 11 is 6.31. The summed E-state index contributed by atoms with van der Waals surface area (Å²) in [4.78, 5) is 0. The zero-order chi connectivity index (χ0) is 11.5. The van der Waals surface area contributed by atoms with E-state index < -0.39 is 0 Å². The minimum Gasteiger partial charge on any atom is -0.495 e. The second-order valence-corrected chi connectivity index (χ2v) is 4.82. The molecule has 1 atom stereocenters. The smallest absolute Gasteiger partial charge is 0.137 e. The zero-order valence-corrected chi connectivity index (χ0v) is 10.6. The molecule has 1 aromatic carbocycles. The molecule has 0 bridgehead atoms. The van der Waals surface area contributed by atoms with Crippen molar-refractivity contribution in [2.45, 2.75) is 32.2 Å². The van der Waals surface area contributed by atoms with Gasteiger partial charge in [0.05, 0.1) is 12.1 Å². The number of hydrogen-bond donors (Lipinski definition) is 1. The second kappa shape index (κ2) is 5.07. The molecule has 16 heavy (non-hydrogen) atoms. The third-order valence-electron chi connectivity index (χ3n) is 3.11. The Morgan fingerprint density at radius 2 is 2.31 bits per heavy atom. The first-order chi connectivity index (χ1) is 7.70. The Hall–Kier alpha value is -0.730. The molecule has 1 saturated heterocycles. The summed E-state index contributed by atoms with van der Waals surface area (Å²) in [6.45, 7) is 3.20. The monoisotopic (exact) mass is 239 g/mol. The van der Waals surface area contributed by atoms with Crippen LogP contribution in [0.15, 0.2) is 12.1 Å². The standard InChI is InChI=1S/C13H18ClNO/c1-9-6-10(8-11-4-3-5-15-11)13(14)12(7-9)16-2/h6-7,11,15H,3-5,8H2,1-2H3. The molecule has 1 N–H and O–H groups in total. The predicted octanol–water partition coefficient (Wildman–Crippen LogP) is 2.95. The maximum atomic E-state index is 6.31. The number of methoxy groups -OCH3 is 1. The van der Waals surface area contributed by atoms with Gasteiger partial charge in [0, 0.05) is 6.04 Å². The molecule has 0 radical (unpaired) electrons. The van der Waals surface area contributed by atoms with Crippen LogP contribution in [0, 0.1) is 6.92 Å². The van der Waals surface area contributed by atoms with Crippen LogP contribution in [-0.2, 0) is 6.42 Å². The van der Waals surface area contributed by atoms with E-state index in [1.54, 1.807) is 7.11 Å². The molecule has 1 aliphatic rings. The Morgan fingerprint density at radius 1 is 1.50 bits per heavy atom.